The molecule has 11 heteroatoms. The molecule has 9 nitrogen and oxygen atoms in total. The molecule has 0 radical (unpaired) electrons. The van der Waals surface area contributed by atoms with Gasteiger partial charge in [0.15, 0.2) is 0 Å². The first-order valence-electron chi connectivity index (χ1n) is 16.0. The summed E-state index contributed by atoms with van der Waals surface area (Å²) in [6, 6.07) is 14.5. The number of alkyl halides is 2. The van der Waals surface area contributed by atoms with Crippen LogP contribution in [0.5, 0.6) is 6.01 Å². The highest BCUT2D eigenvalue weighted by Crippen LogP contribution is 2.53. The first-order valence-corrected chi connectivity index (χ1v) is 16.0. The zero-order valence-corrected chi connectivity index (χ0v) is 26.4. The fourth-order valence-electron chi connectivity index (χ4n) is 7.69. The number of fused-ring (bicyclic) bond motifs is 2. The van der Waals surface area contributed by atoms with Gasteiger partial charge in [0.05, 0.1) is 37.3 Å². The summed E-state index contributed by atoms with van der Waals surface area (Å²) in [6.07, 6.45) is 4.07. The molecule has 46 heavy (non-hydrogen) atoms. The third-order valence-corrected chi connectivity index (χ3v) is 10.3. The van der Waals surface area contributed by atoms with Gasteiger partial charge >= 0.3 is 6.01 Å². The molecule has 2 aromatic carbocycles. The standard InChI is InChI=1S/C35H39F2N7O2/c1-4-30(45)43-16-15-42(19-25(43)11-14-38)32-27-18-34(12-13-34)44(29-10-6-9-24-8-5-7-23(2)31(24)29)20-28(27)39-33(40-32)46-21-26-17-35(36,37)22-41(26)3/h4-10,25-26H,1,11-13,15-22H2,2-3H3/t25-,26-/m0/s1. The van der Waals surface area contributed by atoms with Crippen molar-refractivity contribution in [1.29, 1.82) is 5.26 Å². The number of carbonyl (C=O) groups is 1. The summed E-state index contributed by atoms with van der Waals surface area (Å²) in [4.78, 5) is 30.5. The number of ether oxygens (including phenoxy) is 1. The molecule has 7 rings (SSSR count). The number of aryl methyl sites for hydroxylation is 1. The SMILES string of the molecule is C=CC(=O)N1CCN(c2nc(OC[C@@H]3CC(F)(F)CN3C)nc3c2CC2(CC2)N(c2cccc4cccc(C)c24)C3)C[C@@H]1CC#N. The number of benzene rings is 2. The van der Waals surface area contributed by atoms with Crippen molar-refractivity contribution in [2.75, 3.05) is 49.6 Å². The largest absolute Gasteiger partial charge is 0.462 e. The van der Waals surface area contributed by atoms with E-state index in [0.29, 0.717) is 26.2 Å². The maximum atomic E-state index is 14.1. The van der Waals surface area contributed by atoms with E-state index in [9.17, 15) is 18.8 Å². The predicted molar refractivity (Wildman–Crippen MR) is 172 cm³/mol. The number of nitrogens with zero attached hydrogens (tertiary/aromatic N) is 7. The zero-order chi connectivity index (χ0) is 32.2. The molecule has 240 valence electrons. The summed E-state index contributed by atoms with van der Waals surface area (Å²) in [6.45, 7) is 7.51. The number of rotatable bonds is 7. The highest BCUT2D eigenvalue weighted by molar-refractivity contribution is 5.97. The number of nitriles is 1. The summed E-state index contributed by atoms with van der Waals surface area (Å²) in [5.74, 6) is -2.19. The summed E-state index contributed by atoms with van der Waals surface area (Å²) in [5.41, 5.74) is 4.25. The summed E-state index contributed by atoms with van der Waals surface area (Å²) < 4.78 is 34.4. The molecule has 4 heterocycles. The van der Waals surface area contributed by atoms with Gasteiger partial charge in [0.2, 0.25) is 5.91 Å². The average molecular weight is 628 g/mol. The number of halogens is 2. The maximum absolute atomic E-state index is 14.1. The van der Waals surface area contributed by atoms with Crippen LogP contribution in [0.15, 0.2) is 49.1 Å². The van der Waals surface area contributed by atoms with Crippen LogP contribution in [0.1, 0.15) is 42.5 Å². The Balaban J connectivity index is 1.27. The van der Waals surface area contributed by atoms with E-state index < -0.39 is 12.0 Å². The van der Waals surface area contributed by atoms with Crippen LogP contribution >= 0.6 is 0 Å². The van der Waals surface area contributed by atoms with Gasteiger partial charge in [-0.1, -0.05) is 36.9 Å². The van der Waals surface area contributed by atoms with Crippen LogP contribution in [0.4, 0.5) is 20.3 Å². The molecule has 0 unspecified atom stereocenters. The monoisotopic (exact) mass is 627 g/mol. The smallest absolute Gasteiger partial charge is 0.318 e. The highest BCUT2D eigenvalue weighted by Gasteiger charge is 2.52. The van der Waals surface area contributed by atoms with E-state index in [0.717, 1.165) is 36.3 Å². The Bertz CT molecular complexity index is 1730. The van der Waals surface area contributed by atoms with Crippen LogP contribution in [0.2, 0.25) is 0 Å². The van der Waals surface area contributed by atoms with Crippen LogP contribution < -0.4 is 14.5 Å². The molecule has 1 aliphatic carbocycles. The van der Waals surface area contributed by atoms with Crippen LogP contribution in [0.3, 0.4) is 0 Å². The van der Waals surface area contributed by atoms with Gasteiger partial charge in [-0.2, -0.15) is 15.2 Å². The average Bonchev–Trinajstić information content (AvgIpc) is 3.75. The van der Waals surface area contributed by atoms with E-state index >= 15 is 0 Å². The van der Waals surface area contributed by atoms with Crippen molar-refractivity contribution in [3.8, 4) is 12.1 Å². The molecule has 2 saturated heterocycles. The van der Waals surface area contributed by atoms with E-state index in [1.807, 2.05) is 0 Å². The first-order chi connectivity index (χ1) is 22.1. The Morgan fingerprint density at radius 1 is 1.17 bits per heavy atom. The van der Waals surface area contributed by atoms with Crippen molar-refractivity contribution in [1.82, 2.24) is 19.8 Å². The lowest BCUT2D eigenvalue weighted by Gasteiger charge is -2.44. The van der Waals surface area contributed by atoms with E-state index in [2.05, 4.69) is 65.8 Å². The fourth-order valence-corrected chi connectivity index (χ4v) is 7.69. The zero-order valence-electron chi connectivity index (χ0n) is 26.4. The number of carbonyl (C=O) groups excluding carboxylic acids is 1. The second kappa shape index (κ2) is 11.5. The molecule has 1 aromatic heterocycles. The van der Waals surface area contributed by atoms with Crippen LogP contribution in [-0.2, 0) is 17.8 Å². The second-order valence-corrected chi connectivity index (χ2v) is 13.3. The molecule has 0 bridgehead atoms. The minimum absolute atomic E-state index is 0.0547. The van der Waals surface area contributed by atoms with Crippen LogP contribution in [0, 0.1) is 18.3 Å². The summed E-state index contributed by atoms with van der Waals surface area (Å²) in [5, 5.41) is 12.0. The van der Waals surface area contributed by atoms with Crippen molar-refractivity contribution in [3.63, 3.8) is 0 Å². The third kappa shape index (κ3) is 5.42. The third-order valence-electron chi connectivity index (χ3n) is 10.3. The molecule has 4 aliphatic rings. The number of hydrogen-bond acceptors (Lipinski definition) is 8. The lowest BCUT2D eigenvalue weighted by Crippen LogP contribution is -2.55. The number of likely N-dealkylation sites (N-methyl/N-ethyl adjacent to an activating group) is 1. The molecule has 3 aliphatic heterocycles. The molecule has 3 fully saturated rings. The fraction of sp³-hybridized carbons (Fsp3) is 0.486. The van der Waals surface area contributed by atoms with Crippen LogP contribution in [0.25, 0.3) is 10.8 Å². The number of likely N-dealkylation sites (tertiary alicyclic amines) is 1. The van der Waals surface area contributed by atoms with Gasteiger partial charge in [-0.3, -0.25) is 9.69 Å². The summed E-state index contributed by atoms with van der Waals surface area (Å²) >= 11 is 0. The molecule has 1 amide bonds. The van der Waals surface area contributed by atoms with Gasteiger partial charge in [0.25, 0.3) is 5.92 Å². The number of amides is 1. The van der Waals surface area contributed by atoms with Crippen molar-refractivity contribution in [2.24, 2.45) is 0 Å². The molecule has 0 N–H and O–H groups in total. The topological polar surface area (TPSA) is 88.8 Å². The Labute approximate surface area is 268 Å². The van der Waals surface area contributed by atoms with E-state index in [1.165, 1.54) is 28.1 Å². The van der Waals surface area contributed by atoms with Gasteiger partial charge in [-0.15, -0.1) is 0 Å². The number of aromatic nitrogens is 2. The minimum atomic E-state index is -2.75. The molecule has 2 atom stereocenters. The molecule has 1 spiro atoms. The number of anilines is 2. The lowest BCUT2D eigenvalue weighted by atomic mass is 9.92. The van der Waals surface area contributed by atoms with Gasteiger partial charge in [0, 0.05) is 60.7 Å². The highest BCUT2D eigenvalue weighted by atomic mass is 19.3. The maximum Gasteiger partial charge on any atom is 0.318 e. The first kappa shape index (κ1) is 30.4. The van der Waals surface area contributed by atoms with Gasteiger partial charge in [-0.25, -0.2) is 8.78 Å². The van der Waals surface area contributed by atoms with E-state index in [1.54, 1.807) is 16.8 Å². The van der Waals surface area contributed by atoms with Gasteiger partial charge < -0.3 is 19.4 Å². The number of piperazine rings is 1. The minimum Gasteiger partial charge on any atom is -0.462 e. The van der Waals surface area contributed by atoms with Crippen molar-refractivity contribution in [2.45, 2.75) is 69.1 Å². The Morgan fingerprint density at radius 2 is 1.96 bits per heavy atom. The lowest BCUT2D eigenvalue weighted by molar-refractivity contribution is -0.128. The van der Waals surface area contributed by atoms with Gasteiger partial charge in [0.1, 0.15) is 12.4 Å². The van der Waals surface area contributed by atoms with E-state index in [4.69, 9.17) is 14.7 Å². The Kier molecular flexibility index (Phi) is 7.59. The van der Waals surface area contributed by atoms with Gasteiger partial charge in [-0.05, 0) is 49.9 Å². The second-order valence-electron chi connectivity index (χ2n) is 13.3. The normalized spacial score (nSPS) is 23.3. The molecular weight excluding hydrogens is 588 g/mol. The van der Waals surface area contributed by atoms with Crippen molar-refractivity contribution < 1.29 is 18.3 Å². The Morgan fingerprint density at radius 3 is 2.65 bits per heavy atom. The molecule has 3 aromatic rings. The summed E-state index contributed by atoms with van der Waals surface area (Å²) in [7, 11) is 1.69. The predicted octanol–water partition coefficient (Wildman–Crippen LogP) is 4.87. The molecule has 1 saturated carbocycles. The van der Waals surface area contributed by atoms with Crippen molar-refractivity contribution in [3.05, 3.63) is 65.9 Å². The Hall–Kier alpha value is -4.30. The number of hydrogen-bond donors (Lipinski definition) is 0. The molecular formula is C35H39F2N7O2. The van der Waals surface area contributed by atoms with E-state index in [-0.39, 0.29) is 49.5 Å². The quantitative estimate of drug-likeness (QED) is 0.343. The van der Waals surface area contributed by atoms with Crippen LogP contribution in [-0.4, -0.2) is 89.1 Å². The van der Waals surface area contributed by atoms with Crippen molar-refractivity contribution >= 4 is 28.2 Å².